The molecule has 1 aromatic rings. The number of nitrogens with zero attached hydrogens (tertiary/aromatic N) is 2. The third kappa shape index (κ3) is 3.69. The highest BCUT2D eigenvalue weighted by Crippen LogP contribution is 2.27. The van der Waals surface area contributed by atoms with Gasteiger partial charge in [-0.15, -0.1) is 0 Å². The lowest BCUT2D eigenvalue weighted by Crippen LogP contribution is -2.31. The van der Waals surface area contributed by atoms with Crippen molar-refractivity contribution in [2.75, 3.05) is 18.4 Å². The Morgan fingerprint density at radius 2 is 2.28 bits per heavy atom. The Kier molecular flexibility index (Phi) is 3.71. The summed E-state index contributed by atoms with van der Waals surface area (Å²) in [4.78, 5) is 25.2. The summed E-state index contributed by atoms with van der Waals surface area (Å²) in [5.41, 5.74) is -0.0706. The molecule has 1 aliphatic carbocycles. The highest BCUT2D eigenvalue weighted by molar-refractivity contribution is 5.80. The largest absolute Gasteiger partial charge is 0.361 e. The molecule has 0 radical (unpaired) electrons. The van der Waals surface area contributed by atoms with Crippen molar-refractivity contribution >= 4 is 17.4 Å². The Balaban J connectivity index is 1.74. The Hall–Kier alpha value is -2.18. The van der Waals surface area contributed by atoms with Crippen molar-refractivity contribution in [1.82, 2.24) is 10.3 Å². The van der Waals surface area contributed by atoms with Gasteiger partial charge in [-0.05, 0) is 24.8 Å². The van der Waals surface area contributed by atoms with Gasteiger partial charge >= 0.3 is 0 Å². The number of hydrogen-bond acceptors (Lipinski definition) is 5. The summed E-state index contributed by atoms with van der Waals surface area (Å²) in [7, 11) is 0. The van der Waals surface area contributed by atoms with Crippen LogP contribution in [0.5, 0.6) is 0 Å². The first-order valence-electron chi connectivity index (χ1n) is 5.76. The number of aromatic nitrogens is 1. The van der Waals surface area contributed by atoms with Gasteiger partial charge in [0, 0.05) is 12.6 Å². The molecule has 0 spiro atoms. The second kappa shape index (κ2) is 5.44. The van der Waals surface area contributed by atoms with Crippen LogP contribution in [0.2, 0.25) is 0 Å². The van der Waals surface area contributed by atoms with Gasteiger partial charge < -0.3 is 10.6 Å². The summed E-state index contributed by atoms with van der Waals surface area (Å²) >= 11 is 0. The van der Waals surface area contributed by atoms with Gasteiger partial charge in [0.15, 0.2) is 0 Å². The van der Waals surface area contributed by atoms with Crippen molar-refractivity contribution in [3.05, 3.63) is 28.4 Å². The van der Waals surface area contributed by atoms with E-state index >= 15 is 0 Å². The molecule has 0 bridgehead atoms. The number of nitro groups is 1. The molecule has 7 heteroatoms. The molecule has 0 atom stereocenters. The molecule has 0 aromatic carbocycles. The van der Waals surface area contributed by atoms with Crippen molar-refractivity contribution in [1.29, 1.82) is 0 Å². The summed E-state index contributed by atoms with van der Waals surface area (Å²) in [6.45, 7) is 0.853. The lowest BCUT2D eigenvalue weighted by atomic mass is 10.4. The van der Waals surface area contributed by atoms with E-state index < -0.39 is 4.92 Å². The van der Waals surface area contributed by atoms with E-state index in [0.717, 1.165) is 12.7 Å². The van der Waals surface area contributed by atoms with Crippen LogP contribution in [0, 0.1) is 16.0 Å². The quantitative estimate of drug-likeness (QED) is 0.578. The fourth-order valence-corrected chi connectivity index (χ4v) is 1.41. The van der Waals surface area contributed by atoms with E-state index in [-0.39, 0.29) is 18.1 Å². The van der Waals surface area contributed by atoms with Gasteiger partial charge in [-0.25, -0.2) is 4.98 Å². The van der Waals surface area contributed by atoms with Gasteiger partial charge in [0.1, 0.15) is 12.0 Å². The maximum Gasteiger partial charge on any atom is 0.287 e. The number of rotatable bonds is 6. The normalized spacial score (nSPS) is 14.0. The van der Waals surface area contributed by atoms with Crippen molar-refractivity contribution < 1.29 is 9.72 Å². The van der Waals surface area contributed by atoms with Crippen LogP contribution in [0.1, 0.15) is 12.8 Å². The maximum absolute atomic E-state index is 11.4. The first kappa shape index (κ1) is 12.3. The molecule has 1 aliphatic rings. The predicted octanol–water partition coefficient (Wildman–Crippen LogP) is 0.928. The molecule has 1 fully saturated rings. The summed E-state index contributed by atoms with van der Waals surface area (Å²) < 4.78 is 0. The smallest absolute Gasteiger partial charge is 0.287 e. The van der Waals surface area contributed by atoms with Crippen molar-refractivity contribution in [3.63, 3.8) is 0 Å². The third-order valence-electron chi connectivity index (χ3n) is 2.67. The van der Waals surface area contributed by atoms with Crippen LogP contribution in [0.15, 0.2) is 18.3 Å². The number of carbonyl (C=O) groups excluding carboxylic acids is 1. The molecule has 1 amide bonds. The molecule has 1 heterocycles. The Labute approximate surface area is 104 Å². The van der Waals surface area contributed by atoms with Gasteiger partial charge in [0.2, 0.25) is 5.91 Å². The fraction of sp³-hybridized carbons (Fsp3) is 0.455. The maximum atomic E-state index is 11.4. The topological polar surface area (TPSA) is 97.2 Å². The molecule has 18 heavy (non-hydrogen) atoms. The minimum absolute atomic E-state index is 0.0706. The Bertz CT molecular complexity index is 442. The summed E-state index contributed by atoms with van der Waals surface area (Å²) in [5.74, 6) is 0.996. The van der Waals surface area contributed by atoms with Crippen LogP contribution in [0.3, 0.4) is 0 Å². The zero-order valence-electron chi connectivity index (χ0n) is 9.76. The monoisotopic (exact) mass is 250 g/mol. The van der Waals surface area contributed by atoms with Crippen LogP contribution in [-0.2, 0) is 4.79 Å². The Morgan fingerprint density at radius 3 is 2.83 bits per heavy atom. The van der Waals surface area contributed by atoms with Crippen molar-refractivity contribution in [3.8, 4) is 0 Å². The number of amides is 1. The van der Waals surface area contributed by atoms with E-state index in [2.05, 4.69) is 15.6 Å². The number of carbonyl (C=O) groups is 1. The summed E-state index contributed by atoms with van der Waals surface area (Å²) in [6.07, 6.45) is 3.54. The van der Waals surface area contributed by atoms with E-state index in [9.17, 15) is 14.9 Å². The molecule has 2 rings (SSSR count). The van der Waals surface area contributed by atoms with Crippen LogP contribution in [0.25, 0.3) is 0 Å². The zero-order valence-corrected chi connectivity index (χ0v) is 9.76. The van der Waals surface area contributed by atoms with Gasteiger partial charge in [-0.1, -0.05) is 0 Å². The molecule has 0 saturated heterocycles. The lowest BCUT2D eigenvalue weighted by Gasteiger charge is -2.06. The van der Waals surface area contributed by atoms with E-state index in [1.165, 1.54) is 25.0 Å². The standard InChI is InChI=1S/C11H14N4O3/c16-11(14-5-8-1-2-8)7-13-10-4-3-9(6-12-10)15(17)18/h3-4,6,8H,1-2,5,7H2,(H,12,13)(H,14,16). The SMILES string of the molecule is O=C(CNc1ccc([N+](=O)[O-])cn1)NCC1CC1. The van der Waals surface area contributed by atoms with Crippen LogP contribution >= 0.6 is 0 Å². The molecule has 0 unspecified atom stereocenters. The fourth-order valence-electron chi connectivity index (χ4n) is 1.41. The highest BCUT2D eigenvalue weighted by atomic mass is 16.6. The van der Waals surface area contributed by atoms with E-state index in [4.69, 9.17) is 0 Å². The summed E-state index contributed by atoms with van der Waals surface area (Å²) in [6, 6.07) is 2.82. The van der Waals surface area contributed by atoms with Crippen LogP contribution < -0.4 is 10.6 Å². The molecule has 1 saturated carbocycles. The number of pyridine rings is 1. The van der Waals surface area contributed by atoms with Crippen LogP contribution in [-0.4, -0.2) is 28.9 Å². The second-order valence-electron chi connectivity index (χ2n) is 4.26. The number of hydrogen-bond donors (Lipinski definition) is 2. The molecule has 1 aromatic heterocycles. The minimum Gasteiger partial charge on any atom is -0.361 e. The molecular formula is C11H14N4O3. The first-order valence-corrected chi connectivity index (χ1v) is 5.76. The molecule has 7 nitrogen and oxygen atoms in total. The van der Waals surface area contributed by atoms with E-state index in [1.807, 2.05) is 0 Å². The molecule has 96 valence electrons. The highest BCUT2D eigenvalue weighted by Gasteiger charge is 2.21. The van der Waals surface area contributed by atoms with Crippen molar-refractivity contribution in [2.45, 2.75) is 12.8 Å². The molecular weight excluding hydrogens is 236 g/mol. The van der Waals surface area contributed by atoms with Gasteiger partial charge in [-0.3, -0.25) is 14.9 Å². The van der Waals surface area contributed by atoms with E-state index in [0.29, 0.717) is 11.7 Å². The minimum atomic E-state index is -0.515. The number of nitrogens with one attached hydrogen (secondary N) is 2. The van der Waals surface area contributed by atoms with Crippen molar-refractivity contribution in [2.24, 2.45) is 5.92 Å². The second-order valence-corrected chi connectivity index (χ2v) is 4.26. The molecule has 0 aliphatic heterocycles. The average Bonchev–Trinajstić information content (AvgIpc) is 3.18. The zero-order chi connectivity index (χ0) is 13.0. The Morgan fingerprint density at radius 1 is 1.50 bits per heavy atom. The van der Waals surface area contributed by atoms with Gasteiger partial charge in [0.25, 0.3) is 5.69 Å². The summed E-state index contributed by atoms with van der Waals surface area (Å²) in [5, 5.41) is 16.0. The first-order chi connectivity index (χ1) is 8.65. The number of anilines is 1. The van der Waals surface area contributed by atoms with Gasteiger partial charge in [-0.2, -0.15) is 0 Å². The molecule has 2 N–H and O–H groups in total. The van der Waals surface area contributed by atoms with Gasteiger partial charge in [0.05, 0.1) is 11.5 Å². The lowest BCUT2D eigenvalue weighted by molar-refractivity contribution is -0.385. The average molecular weight is 250 g/mol. The van der Waals surface area contributed by atoms with Crippen LogP contribution in [0.4, 0.5) is 11.5 Å². The third-order valence-corrected chi connectivity index (χ3v) is 2.67. The predicted molar refractivity (Wildman–Crippen MR) is 65.1 cm³/mol. The van der Waals surface area contributed by atoms with E-state index in [1.54, 1.807) is 0 Å².